The van der Waals surface area contributed by atoms with Gasteiger partial charge in [0.1, 0.15) is 23.2 Å². The fraction of sp³-hybridized carbons (Fsp3) is 0.568. The van der Waals surface area contributed by atoms with Crippen molar-refractivity contribution in [2.45, 2.75) is 119 Å². The second kappa shape index (κ2) is 15.5. The highest BCUT2D eigenvalue weighted by Crippen LogP contribution is 2.46. The molecular weight excluding hydrogens is 760 g/mol. The quantitative estimate of drug-likeness (QED) is 0.303. The molecule has 0 spiro atoms. The number of nitrogens with zero attached hydrogens (tertiary/aromatic N) is 3. The third-order valence-corrected chi connectivity index (χ3v) is 12.0. The molecule has 2 aliphatic carbocycles. The van der Waals surface area contributed by atoms with Crippen molar-refractivity contribution in [1.82, 2.24) is 35.4 Å². The summed E-state index contributed by atoms with van der Waals surface area (Å²) in [5.41, 5.74) is -4.62. The van der Waals surface area contributed by atoms with Crippen LogP contribution in [0, 0.1) is 5.92 Å². The molecule has 2 saturated carbocycles. The van der Waals surface area contributed by atoms with Crippen LogP contribution in [-0.2, 0) is 35.3 Å². The number of para-hydroxylation sites is 1. The summed E-state index contributed by atoms with van der Waals surface area (Å²) in [4.78, 5) is 69.9. The first kappa shape index (κ1) is 40.7. The number of alkyl halides is 3. The molecule has 15 nitrogen and oxygen atoms in total. The lowest BCUT2D eigenvalue weighted by Gasteiger charge is -2.30. The fourth-order valence-corrected chi connectivity index (χ4v) is 8.53. The number of hydrogen-bond donors (Lipinski definition) is 4. The van der Waals surface area contributed by atoms with Gasteiger partial charge in [0, 0.05) is 18.5 Å². The molecule has 304 valence electrons. The van der Waals surface area contributed by atoms with Gasteiger partial charge in [-0.1, -0.05) is 43.2 Å². The molecule has 6 rings (SSSR count). The minimum absolute atomic E-state index is 0.0626. The van der Waals surface area contributed by atoms with Crippen molar-refractivity contribution in [1.29, 1.82) is 0 Å². The molecule has 1 saturated heterocycles. The maximum atomic E-state index is 14.4. The molecule has 5 atom stereocenters. The van der Waals surface area contributed by atoms with Crippen molar-refractivity contribution >= 4 is 39.7 Å². The lowest BCUT2D eigenvalue weighted by Crippen LogP contribution is -2.58. The molecule has 0 bridgehead atoms. The van der Waals surface area contributed by atoms with Crippen molar-refractivity contribution in [2.75, 3.05) is 6.54 Å². The molecule has 19 heteroatoms. The van der Waals surface area contributed by atoms with E-state index < -0.39 is 97.6 Å². The maximum Gasteiger partial charge on any atom is 0.434 e. The zero-order valence-corrected chi connectivity index (χ0v) is 32.0. The van der Waals surface area contributed by atoms with Gasteiger partial charge in [-0.3, -0.25) is 23.9 Å². The van der Waals surface area contributed by atoms with Gasteiger partial charge in [0.15, 0.2) is 5.69 Å². The molecule has 3 fully saturated rings. The lowest BCUT2D eigenvalue weighted by molar-refractivity contribution is -0.143. The average molecular weight is 806 g/mol. The molecule has 1 aromatic carbocycles. The molecule has 0 radical (unpaired) electrons. The largest absolute Gasteiger partial charge is 0.444 e. The van der Waals surface area contributed by atoms with Crippen LogP contribution in [-0.4, -0.2) is 93.9 Å². The number of allylic oxidation sites excluding steroid dienone is 1. The van der Waals surface area contributed by atoms with E-state index in [1.165, 1.54) is 24.3 Å². The van der Waals surface area contributed by atoms with Crippen LogP contribution in [0.4, 0.5) is 18.0 Å². The van der Waals surface area contributed by atoms with Crippen molar-refractivity contribution in [3.8, 4) is 5.69 Å². The van der Waals surface area contributed by atoms with Crippen molar-refractivity contribution in [2.24, 2.45) is 5.92 Å². The molecule has 4 N–H and O–H groups in total. The molecule has 4 aliphatic rings. The highest BCUT2D eigenvalue weighted by atomic mass is 32.2. The molecular formula is C37H46F3N7O8S. The Kier molecular flexibility index (Phi) is 11.3. The normalized spacial score (nSPS) is 26.1. The Morgan fingerprint density at radius 1 is 1.00 bits per heavy atom. The summed E-state index contributed by atoms with van der Waals surface area (Å²) in [6.07, 6.45) is 1.70. The van der Waals surface area contributed by atoms with Gasteiger partial charge in [-0.15, -0.1) is 0 Å². The summed E-state index contributed by atoms with van der Waals surface area (Å²) in [5.74, 6) is -4.19. The Balaban J connectivity index is 1.30. The monoisotopic (exact) mass is 805 g/mol. The Hall–Kier alpha value is -4.94. The fourth-order valence-electron chi connectivity index (χ4n) is 7.17. The zero-order chi connectivity index (χ0) is 40.6. The molecule has 5 amide bonds. The minimum Gasteiger partial charge on any atom is -0.444 e. The van der Waals surface area contributed by atoms with Crippen LogP contribution in [0.1, 0.15) is 94.6 Å². The van der Waals surface area contributed by atoms with E-state index in [0.29, 0.717) is 43.2 Å². The average Bonchev–Trinajstić information content (AvgIpc) is 3.99. The Morgan fingerprint density at radius 2 is 1.71 bits per heavy atom. The highest BCUT2D eigenvalue weighted by molar-refractivity contribution is 7.91. The number of carbonyl (C=O) groups excluding carboxylic acids is 5. The molecule has 0 unspecified atom stereocenters. The van der Waals surface area contributed by atoms with Gasteiger partial charge in [-0.25, -0.2) is 17.9 Å². The Morgan fingerprint density at radius 3 is 2.38 bits per heavy atom. The summed E-state index contributed by atoms with van der Waals surface area (Å²) in [5, 5.41) is 11.0. The Labute approximate surface area is 322 Å². The van der Waals surface area contributed by atoms with Crippen LogP contribution in [0.15, 0.2) is 48.7 Å². The Bertz CT molecular complexity index is 2000. The zero-order valence-electron chi connectivity index (χ0n) is 31.2. The minimum atomic E-state index is -5.00. The second-order valence-electron chi connectivity index (χ2n) is 15.8. The number of nitrogens with one attached hydrogen (secondary N) is 4. The number of amides is 5. The van der Waals surface area contributed by atoms with Gasteiger partial charge in [0.25, 0.3) is 11.8 Å². The number of fused-ring (bicyclic) bond motifs is 2. The van der Waals surface area contributed by atoms with Crippen LogP contribution in [0.5, 0.6) is 0 Å². The van der Waals surface area contributed by atoms with Crippen molar-refractivity contribution in [3.05, 3.63) is 59.9 Å². The van der Waals surface area contributed by atoms with Crippen molar-refractivity contribution in [3.63, 3.8) is 0 Å². The first-order valence-electron chi connectivity index (χ1n) is 18.7. The molecule has 2 aromatic rings. The number of benzene rings is 1. The third kappa shape index (κ3) is 9.19. The summed E-state index contributed by atoms with van der Waals surface area (Å²) >= 11 is 0. The van der Waals surface area contributed by atoms with Crippen LogP contribution in [0.25, 0.3) is 5.69 Å². The number of halogens is 3. The van der Waals surface area contributed by atoms with Crippen LogP contribution < -0.4 is 20.7 Å². The summed E-state index contributed by atoms with van der Waals surface area (Å²) in [7, 11) is -3.99. The van der Waals surface area contributed by atoms with E-state index in [-0.39, 0.29) is 31.5 Å². The first-order chi connectivity index (χ1) is 26.3. The van der Waals surface area contributed by atoms with Gasteiger partial charge in [0.05, 0.1) is 22.7 Å². The summed E-state index contributed by atoms with van der Waals surface area (Å²) in [6.45, 7) is 4.59. The van der Waals surface area contributed by atoms with Gasteiger partial charge < -0.3 is 25.6 Å². The maximum absolute atomic E-state index is 14.4. The van der Waals surface area contributed by atoms with Crippen LogP contribution in [0.3, 0.4) is 0 Å². The van der Waals surface area contributed by atoms with Crippen molar-refractivity contribution < 1.29 is 50.3 Å². The number of carbonyl (C=O) groups is 5. The topological polar surface area (TPSA) is 198 Å². The molecule has 3 heterocycles. The molecule has 2 aliphatic heterocycles. The van der Waals surface area contributed by atoms with E-state index in [4.69, 9.17) is 4.74 Å². The standard InChI is InChI=1S/C37H46F3N7O8S/c1-35(2,3)55-34(52)43-27-15-11-6-4-5-8-12-22-19-36(22,33(51)45-56(53,54)25-16-17-25)44-31(49)28-18-23(21-46(28)32(27)50)42-30(48)26-20-41-47(29(26)37(38,39)40)24-13-9-7-10-14-24/h7-10,12-14,20,22-23,25,27-28H,4-6,11,15-19,21H2,1-3H3,(H,42,48)(H,43,52)(H,44,49)(H,45,51)/t22-,23-,27+,28+,36-/m1/s1. The number of rotatable bonds is 7. The van der Waals surface area contributed by atoms with Gasteiger partial charge in [-0.2, -0.15) is 18.3 Å². The number of hydrogen-bond acceptors (Lipinski definition) is 9. The molecule has 1 aromatic heterocycles. The van der Waals surface area contributed by atoms with Crippen LogP contribution >= 0.6 is 0 Å². The first-order valence-corrected chi connectivity index (χ1v) is 20.2. The van der Waals surface area contributed by atoms with Gasteiger partial charge in [0.2, 0.25) is 21.8 Å². The highest BCUT2D eigenvalue weighted by Gasteiger charge is 2.62. The van der Waals surface area contributed by atoms with E-state index in [2.05, 4.69) is 25.8 Å². The predicted octanol–water partition coefficient (Wildman–Crippen LogP) is 3.49. The summed E-state index contributed by atoms with van der Waals surface area (Å²) < 4.78 is 77.0. The third-order valence-electron chi connectivity index (χ3n) is 10.2. The van der Waals surface area contributed by atoms with E-state index in [9.17, 15) is 45.6 Å². The van der Waals surface area contributed by atoms with E-state index in [1.807, 2.05) is 6.08 Å². The number of sulfonamides is 1. The summed E-state index contributed by atoms with van der Waals surface area (Å²) in [6, 6.07) is 3.79. The smallest absolute Gasteiger partial charge is 0.434 e. The SMILES string of the molecule is CC(C)(C)OC(=O)N[C@H]1CCCCCC=C[C@@H]2C[C@@]2(C(=O)NS(=O)(=O)C2CC2)NC(=O)[C@@H]2C[C@@H](NC(=O)c3cnn(-c4ccccc4)c3C(F)(F)F)CN2C1=O. The number of alkyl carbamates (subject to hydrolysis) is 1. The molecule has 56 heavy (non-hydrogen) atoms. The second-order valence-corrected chi connectivity index (χ2v) is 17.7. The lowest BCUT2D eigenvalue weighted by atomic mass is 10.0. The number of ether oxygens (including phenoxy) is 1. The predicted molar refractivity (Wildman–Crippen MR) is 194 cm³/mol. The van der Waals surface area contributed by atoms with Crippen LogP contribution in [0.2, 0.25) is 0 Å². The van der Waals surface area contributed by atoms with E-state index >= 15 is 0 Å². The number of aromatic nitrogens is 2. The van der Waals surface area contributed by atoms with E-state index in [0.717, 1.165) is 11.1 Å². The van der Waals surface area contributed by atoms with Gasteiger partial charge in [-0.05, 0) is 77.8 Å². The van der Waals surface area contributed by atoms with Gasteiger partial charge >= 0.3 is 12.3 Å². The van der Waals surface area contributed by atoms with E-state index in [1.54, 1.807) is 32.9 Å².